The molecule has 7 nitrogen and oxygen atoms in total. The van der Waals surface area contributed by atoms with Gasteiger partial charge in [-0.15, -0.1) is 0 Å². The Morgan fingerprint density at radius 1 is 1.29 bits per heavy atom. The third kappa shape index (κ3) is 4.51. The van der Waals surface area contributed by atoms with Gasteiger partial charge in [0.1, 0.15) is 5.82 Å². The normalized spacial score (nSPS) is 19.0. The van der Waals surface area contributed by atoms with Crippen molar-refractivity contribution >= 4 is 21.9 Å². The molecule has 1 atom stereocenters. The van der Waals surface area contributed by atoms with Crippen LogP contribution in [0.4, 0.5) is 4.39 Å². The molecule has 0 radical (unpaired) electrons. The van der Waals surface area contributed by atoms with Crippen molar-refractivity contribution in [2.45, 2.75) is 24.2 Å². The molecule has 2 N–H and O–H groups in total. The molecule has 1 heterocycles. The molecule has 24 heavy (non-hydrogen) atoms. The molecule has 0 bridgehead atoms. The van der Waals surface area contributed by atoms with E-state index in [4.69, 9.17) is 5.11 Å². The van der Waals surface area contributed by atoms with Crippen molar-refractivity contribution < 1.29 is 27.5 Å². The molecule has 1 amide bonds. The molecule has 2 rings (SSSR count). The Hall–Kier alpha value is -2.00. The molecular weight excluding hydrogens is 339 g/mol. The first-order valence-corrected chi connectivity index (χ1v) is 9.00. The minimum absolute atomic E-state index is 0.00930. The summed E-state index contributed by atoms with van der Waals surface area (Å²) in [6, 6.07) is 4.54. The van der Waals surface area contributed by atoms with Crippen LogP contribution in [-0.2, 0) is 19.6 Å². The predicted octanol–water partition coefficient (Wildman–Crippen LogP) is 0.817. The lowest BCUT2D eigenvalue weighted by Crippen LogP contribution is -2.45. The Kier molecular flexibility index (Phi) is 5.89. The third-order valence-electron chi connectivity index (χ3n) is 3.84. The van der Waals surface area contributed by atoms with Crippen molar-refractivity contribution in [2.75, 3.05) is 19.6 Å². The van der Waals surface area contributed by atoms with Crippen LogP contribution in [0.5, 0.6) is 0 Å². The van der Waals surface area contributed by atoms with Crippen molar-refractivity contribution in [1.29, 1.82) is 0 Å². The lowest BCUT2D eigenvalue weighted by atomic mass is 9.99. The van der Waals surface area contributed by atoms with E-state index in [2.05, 4.69) is 5.32 Å². The van der Waals surface area contributed by atoms with E-state index in [0.29, 0.717) is 19.4 Å². The monoisotopic (exact) mass is 358 g/mol. The highest BCUT2D eigenvalue weighted by Crippen LogP contribution is 2.24. The molecule has 0 spiro atoms. The molecule has 1 saturated heterocycles. The van der Waals surface area contributed by atoms with Crippen molar-refractivity contribution in [3.8, 4) is 0 Å². The fourth-order valence-corrected chi connectivity index (χ4v) is 4.09. The van der Waals surface area contributed by atoms with E-state index in [1.807, 2.05) is 0 Å². The van der Waals surface area contributed by atoms with E-state index in [1.165, 1.54) is 16.4 Å². The average Bonchev–Trinajstić information content (AvgIpc) is 2.55. The number of amides is 1. The Bertz CT molecular complexity index is 705. The van der Waals surface area contributed by atoms with Crippen LogP contribution in [0.2, 0.25) is 0 Å². The van der Waals surface area contributed by atoms with Gasteiger partial charge in [-0.1, -0.05) is 0 Å². The molecule has 0 saturated carbocycles. The second-order valence-electron chi connectivity index (χ2n) is 5.59. The number of halogens is 1. The van der Waals surface area contributed by atoms with Gasteiger partial charge in [0.25, 0.3) is 0 Å². The number of hydrogen-bond acceptors (Lipinski definition) is 4. The smallest absolute Gasteiger partial charge is 0.305 e. The van der Waals surface area contributed by atoms with Crippen LogP contribution in [0, 0.1) is 11.7 Å². The topological polar surface area (TPSA) is 104 Å². The van der Waals surface area contributed by atoms with E-state index in [0.717, 1.165) is 12.1 Å². The summed E-state index contributed by atoms with van der Waals surface area (Å²) in [6.45, 7) is 0.326. The molecule has 1 aromatic carbocycles. The molecular formula is C15H19FN2O5S. The molecule has 1 fully saturated rings. The zero-order valence-corrected chi connectivity index (χ0v) is 13.8. The van der Waals surface area contributed by atoms with Crippen molar-refractivity contribution in [3.63, 3.8) is 0 Å². The predicted molar refractivity (Wildman–Crippen MR) is 83.1 cm³/mol. The van der Waals surface area contributed by atoms with E-state index in [-0.39, 0.29) is 30.3 Å². The number of nitrogens with one attached hydrogen (secondary N) is 1. The zero-order chi connectivity index (χ0) is 17.7. The maximum absolute atomic E-state index is 13.0. The van der Waals surface area contributed by atoms with E-state index in [1.54, 1.807) is 0 Å². The number of carboxylic acids is 1. The summed E-state index contributed by atoms with van der Waals surface area (Å²) in [7, 11) is -3.79. The Labute approximate surface area is 139 Å². The second kappa shape index (κ2) is 7.71. The number of rotatable bonds is 6. The average molecular weight is 358 g/mol. The highest BCUT2D eigenvalue weighted by Gasteiger charge is 2.33. The van der Waals surface area contributed by atoms with Gasteiger partial charge in [0, 0.05) is 19.6 Å². The molecule has 9 heteroatoms. The summed E-state index contributed by atoms with van der Waals surface area (Å²) in [5.74, 6) is -2.42. The molecule has 1 aromatic rings. The van der Waals surface area contributed by atoms with E-state index < -0.39 is 27.7 Å². The third-order valence-corrected chi connectivity index (χ3v) is 5.72. The summed E-state index contributed by atoms with van der Waals surface area (Å²) in [4.78, 5) is 22.5. The quantitative estimate of drug-likeness (QED) is 0.783. The first-order valence-electron chi connectivity index (χ1n) is 7.56. The molecule has 1 aliphatic rings. The fraction of sp³-hybridized carbons (Fsp3) is 0.467. The fourth-order valence-electron chi connectivity index (χ4n) is 2.57. The number of benzene rings is 1. The highest BCUT2D eigenvalue weighted by atomic mass is 32.2. The Morgan fingerprint density at radius 3 is 2.58 bits per heavy atom. The van der Waals surface area contributed by atoms with Gasteiger partial charge in [-0.25, -0.2) is 12.8 Å². The van der Waals surface area contributed by atoms with Gasteiger partial charge in [-0.2, -0.15) is 4.31 Å². The Morgan fingerprint density at radius 2 is 1.96 bits per heavy atom. The maximum Gasteiger partial charge on any atom is 0.305 e. The zero-order valence-electron chi connectivity index (χ0n) is 12.9. The first-order chi connectivity index (χ1) is 11.3. The number of piperidine rings is 1. The van der Waals surface area contributed by atoms with Gasteiger partial charge in [-0.05, 0) is 37.1 Å². The van der Waals surface area contributed by atoms with Gasteiger partial charge in [0.05, 0.1) is 17.2 Å². The Balaban J connectivity index is 2.02. The van der Waals surface area contributed by atoms with Gasteiger partial charge in [0.2, 0.25) is 15.9 Å². The number of carbonyl (C=O) groups is 2. The van der Waals surface area contributed by atoms with E-state index in [9.17, 15) is 22.4 Å². The lowest BCUT2D eigenvalue weighted by Gasteiger charge is -2.31. The van der Waals surface area contributed by atoms with Crippen molar-refractivity contribution in [3.05, 3.63) is 30.1 Å². The molecule has 0 aliphatic carbocycles. The van der Waals surface area contributed by atoms with E-state index >= 15 is 0 Å². The minimum Gasteiger partial charge on any atom is -0.481 e. The van der Waals surface area contributed by atoms with Crippen LogP contribution in [0.25, 0.3) is 0 Å². The second-order valence-corrected chi connectivity index (χ2v) is 7.53. The van der Waals surface area contributed by atoms with Gasteiger partial charge in [0.15, 0.2) is 0 Å². The summed E-state index contributed by atoms with van der Waals surface area (Å²) in [5.41, 5.74) is 0. The standard InChI is InChI=1S/C15H19FN2O5S/c16-12-3-5-13(6-4-12)24(22,23)18-9-1-2-11(10-18)15(21)17-8-7-14(19)20/h3-6,11H,1-2,7-10H2,(H,17,21)(H,19,20). The van der Waals surface area contributed by atoms with Gasteiger partial charge in [-0.3, -0.25) is 9.59 Å². The van der Waals surface area contributed by atoms with Crippen molar-refractivity contribution in [2.24, 2.45) is 5.92 Å². The van der Waals surface area contributed by atoms with Crippen LogP contribution < -0.4 is 5.32 Å². The largest absolute Gasteiger partial charge is 0.481 e. The van der Waals surface area contributed by atoms with Crippen LogP contribution in [-0.4, -0.2) is 49.3 Å². The van der Waals surface area contributed by atoms with Crippen molar-refractivity contribution in [1.82, 2.24) is 9.62 Å². The number of hydrogen-bond donors (Lipinski definition) is 2. The summed E-state index contributed by atoms with van der Waals surface area (Å²) < 4.78 is 39.3. The maximum atomic E-state index is 13.0. The molecule has 0 aromatic heterocycles. The SMILES string of the molecule is O=C(O)CCNC(=O)C1CCCN(S(=O)(=O)c2ccc(F)cc2)C1. The summed E-state index contributed by atoms with van der Waals surface area (Å²) >= 11 is 0. The van der Waals surface area contributed by atoms with Crippen LogP contribution >= 0.6 is 0 Å². The van der Waals surface area contributed by atoms with Gasteiger partial charge >= 0.3 is 5.97 Å². The van der Waals surface area contributed by atoms with Crippen LogP contribution in [0.1, 0.15) is 19.3 Å². The number of carboxylic acid groups (broad SMARTS) is 1. The minimum atomic E-state index is -3.79. The molecule has 1 unspecified atom stereocenters. The molecule has 132 valence electrons. The number of carbonyl (C=O) groups excluding carboxylic acids is 1. The van der Waals surface area contributed by atoms with Crippen LogP contribution in [0.15, 0.2) is 29.2 Å². The summed E-state index contributed by atoms with van der Waals surface area (Å²) in [5, 5.41) is 11.1. The number of nitrogens with zero attached hydrogens (tertiary/aromatic N) is 1. The molecule has 1 aliphatic heterocycles. The number of sulfonamides is 1. The highest BCUT2D eigenvalue weighted by molar-refractivity contribution is 7.89. The van der Waals surface area contributed by atoms with Crippen LogP contribution in [0.3, 0.4) is 0 Å². The van der Waals surface area contributed by atoms with Gasteiger partial charge < -0.3 is 10.4 Å². The summed E-state index contributed by atoms with van der Waals surface area (Å²) in [6.07, 6.45) is 0.877. The first kappa shape index (κ1) is 18.3. The number of aliphatic carboxylic acids is 1. The lowest BCUT2D eigenvalue weighted by molar-refractivity contribution is -0.137.